The van der Waals surface area contributed by atoms with Crippen molar-refractivity contribution >= 4 is 17.6 Å². The molecule has 0 aliphatic heterocycles. The Morgan fingerprint density at radius 1 is 1.29 bits per heavy atom. The lowest BCUT2D eigenvalue weighted by atomic mass is 10.3. The monoisotopic (exact) mass is 307 g/mol. The SMILES string of the molecule is CN(CCNC(=O)C(F)(F)F)C(=O)Nc1cccc(F)c1. The molecule has 0 spiro atoms. The smallest absolute Gasteiger partial charge is 0.346 e. The lowest BCUT2D eigenvalue weighted by Crippen LogP contribution is -2.42. The van der Waals surface area contributed by atoms with Gasteiger partial charge >= 0.3 is 18.1 Å². The number of nitrogens with one attached hydrogen (secondary N) is 2. The van der Waals surface area contributed by atoms with Gasteiger partial charge in [0.05, 0.1) is 0 Å². The third-order valence-electron chi connectivity index (χ3n) is 2.41. The number of carbonyl (C=O) groups is 2. The lowest BCUT2D eigenvalue weighted by Gasteiger charge is -2.18. The van der Waals surface area contributed by atoms with Crippen molar-refractivity contribution in [2.45, 2.75) is 6.18 Å². The van der Waals surface area contributed by atoms with Gasteiger partial charge in [0.1, 0.15) is 5.82 Å². The van der Waals surface area contributed by atoms with Gasteiger partial charge in [0, 0.05) is 25.8 Å². The van der Waals surface area contributed by atoms with Crippen molar-refractivity contribution in [3.63, 3.8) is 0 Å². The molecule has 0 unspecified atom stereocenters. The first-order valence-electron chi connectivity index (χ1n) is 5.83. The molecule has 1 aromatic carbocycles. The molecule has 0 radical (unpaired) electrons. The van der Waals surface area contributed by atoms with E-state index in [0.717, 1.165) is 11.0 Å². The van der Waals surface area contributed by atoms with Crippen LogP contribution in [0.25, 0.3) is 0 Å². The van der Waals surface area contributed by atoms with Crippen LogP contribution in [-0.2, 0) is 4.79 Å². The van der Waals surface area contributed by atoms with Crippen molar-refractivity contribution in [1.29, 1.82) is 0 Å². The molecule has 5 nitrogen and oxygen atoms in total. The van der Waals surface area contributed by atoms with Crippen LogP contribution < -0.4 is 10.6 Å². The van der Waals surface area contributed by atoms with Gasteiger partial charge in [0.25, 0.3) is 0 Å². The summed E-state index contributed by atoms with van der Waals surface area (Å²) in [6, 6.07) is 4.51. The van der Waals surface area contributed by atoms with Crippen molar-refractivity contribution in [2.24, 2.45) is 0 Å². The number of halogens is 4. The molecule has 0 bridgehead atoms. The highest BCUT2D eigenvalue weighted by molar-refractivity contribution is 5.89. The fraction of sp³-hybridized carbons (Fsp3) is 0.333. The lowest BCUT2D eigenvalue weighted by molar-refractivity contribution is -0.173. The van der Waals surface area contributed by atoms with Gasteiger partial charge in [-0.25, -0.2) is 9.18 Å². The Morgan fingerprint density at radius 3 is 2.52 bits per heavy atom. The standard InChI is InChI=1S/C12H13F4N3O2/c1-19(6-5-17-10(20)12(14,15)16)11(21)18-9-4-2-3-8(13)7-9/h2-4,7H,5-6H2,1H3,(H,17,20)(H,18,21). The Labute approximate surface area is 117 Å². The van der Waals surface area contributed by atoms with Gasteiger partial charge in [0.2, 0.25) is 0 Å². The van der Waals surface area contributed by atoms with Gasteiger partial charge in [-0.3, -0.25) is 4.79 Å². The van der Waals surface area contributed by atoms with Crippen LogP contribution in [0.1, 0.15) is 0 Å². The third-order valence-corrected chi connectivity index (χ3v) is 2.41. The Kier molecular flexibility index (Phi) is 5.51. The summed E-state index contributed by atoms with van der Waals surface area (Å²) in [6.45, 7) is -0.492. The second-order valence-corrected chi connectivity index (χ2v) is 4.12. The molecule has 1 rings (SSSR count). The average Bonchev–Trinajstić information content (AvgIpc) is 2.37. The zero-order chi connectivity index (χ0) is 16.0. The summed E-state index contributed by atoms with van der Waals surface area (Å²) in [6.07, 6.45) is -4.96. The van der Waals surface area contributed by atoms with E-state index in [-0.39, 0.29) is 18.8 Å². The van der Waals surface area contributed by atoms with E-state index < -0.39 is 23.9 Å². The summed E-state index contributed by atoms with van der Waals surface area (Å²) in [5, 5.41) is 4.00. The number of rotatable bonds is 4. The number of amides is 3. The summed E-state index contributed by atoms with van der Waals surface area (Å²) < 4.78 is 48.7. The quantitative estimate of drug-likeness (QED) is 0.836. The van der Waals surface area contributed by atoms with E-state index in [1.165, 1.54) is 25.2 Å². The third kappa shape index (κ3) is 5.67. The second-order valence-electron chi connectivity index (χ2n) is 4.12. The van der Waals surface area contributed by atoms with E-state index in [4.69, 9.17) is 0 Å². The minimum atomic E-state index is -4.96. The minimum Gasteiger partial charge on any atom is -0.346 e. The molecule has 21 heavy (non-hydrogen) atoms. The van der Waals surface area contributed by atoms with Crippen molar-refractivity contribution in [2.75, 3.05) is 25.5 Å². The Hall–Kier alpha value is -2.32. The number of hydrogen-bond acceptors (Lipinski definition) is 2. The molecule has 0 heterocycles. The normalized spacial score (nSPS) is 10.9. The number of carbonyl (C=O) groups excluding carboxylic acids is 2. The molecular formula is C12H13F4N3O2. The fourth-order valence-corrected chi connectivity index (χ4v) is 1.32. The Morgan fingerprint density at radius 2 is 1.95 bits per heavy atom. The predicted octanol–water partition coefficient (Wildman–Crippen LogP) is 1.97. The summed E-state index contributed by atoms with van der Waals surface area (Å²) >= 11 is 0. The molecular weight excluding hydrogens is 294 g/mol. The molecule has 3 amide bonds. The van der Waals surface area contributed by atoms with Gasteiger partial charge in [-0.2, -0.15) is 13.2 Å². The summed E-state index contributed by atoms with van der Waals surface area (Å²) in [5.41, 5.74) is 0.214. The maximum absolute atomic E-state index is 12.9. The minimum absolute atomic E-state index is 0.136. The molecule has 2 N–H and O–H groups in total. The zero-order valence-electron chi connectivity index (χ0n) is 11.0. The molecule has 9 heteroatoms. The van der Waals surface area contributed by atoms with Crippen molar-refractivity contribution in [3.05, 3.63) is 30.1 Å². The molecule has 0 fully saturated rings. The van der Waals surface area contributed by atoms with Crippen LogP contribution in [0.2, 0.25) is 0 Å². The van der Waals surface area contributed by atoms with Crippen molar-refractivity contribution in [1.82, 2.24) is 10.2 Å². The van der Waals surface area contributed by atoms with Gasteiger partial charge in [-0.15, -0.1) is 0 Å². The van der Waals surface area contributed by atoms with E-state index in [1.54, 1.807) is 5.32 Å². The van der Waals surface area contributed by atoms with Crippen LogP contribution in [0.3, 0.4) is 0 Å². The van der Waals surface area contributed by atoms with E-state index in [1.807, 2.05) is 0 Å². The molecule has 0 aromatic heterocycles. The van der Waals surface area contributed by atoms with E-state index in [9.17, 15) is 27.2 Å². The van der Waals surface area contributed by atoms with E-state index in [0.29, 0.717) is 0 Å². The van der Waals surface area contributed by atoms with Gasteiger partial charge in [-0.1, -0.05) is 6.07 Å². The van der Waals surface area contributed by atoms with Gasteiger partial charge in [-0.05, 0) is 18.2 Å². The maximum atomic E-state index is 12.9. The number of hydrogen-bond donors (Lipinski definition) is 2. The molecule has 0 saturated carbocycles. The summed E-state index contributed by atoms with van der Waals surface area (Å²) in [7, 11) is 1.33. The van der Waals surface area contributed by atoms with Gasteiger partial charge in [0.15, 0.2) is 0 Å². The summed E-state index contributed by atoms with van der Waals surface area (Å²) in [5.74, 6) is -2.60. The van der Waals surface area contributed by atoms with Crippen molar-refractivity contribution < 1.29 is 27.2 Å². The van der Waals surface area contributed by atoms with Crippen molar-refractivity contribution in [3.8, 4) is 0 Å². The van der Waals surface area contributed by atoms with E-state index in [2.05, 4.69) is 5.32 Å². The van der Waals surface area contributed by atoms with Crippen LogP contribution in [0, 0.1) is 5.82 Å². The van der Waals surface area contributed by atoms with Gasteiger partial charge < -0.3 is 15.5 Å². The first kappa shape index (κ1) is 16.7. The Balaban J connectivity index is 2.40. The highest BCUT2D eigenvalue weighted by atomic mass is 19.4. The highest BCUT2D eigenvalue weighted by Gasteiger charge is 2.38. The molecule has 1 aromatic rings. The summed E-state index contributed by atoms with van der Waals surface area (Å²) in [4.78, 5) is 23.3. The molecule has 0 saturated heterocycles. The molecule has 0 aliphatic rings. The van der Waals surface area contributed by atoms with Crippen LogP contribution >= 0.6 is 0 Å². The predicted molar refractivity (Wildman–Crippen MR) is 67.1 cm³/mol. The van der Waals surface area contributed by atoms with E-state index >= 15 is 0 Å². The molecule has 0 aliphatic carbocycles. The number of alkyl halides is 3. The number of nitrogens with zero attached hydrogens (tertiary/aromatic N) is 1. The fourth-order valence-electron chi connectivity index (χ4n) is 1.32. The maximum Gasteiger partial charge on any atom is 0.471 e. The van der Waals surface area contributed by atoms with Crippen LogP contribution in [-0.4, -0.2) is 43.2 Å². The molecule has 0 atom stereocenters. The van der Waals surface area contributed by atoms with Crippen LogP contribution in [0.5, 0.6) is 0 Å². The number of likely N-dealkylation sites (N-methyl/N-ethyl adjacent to an activating group) is 1. The largest absolute Gasteiger partial charge is 0.471 e. The first-order chi connectivity index (χ1) is 9.70. The Bertz CT molecular complexity index is 519. The number of urea groups is 1. The van der Waals surface area contributed by atoms with Crippen LogP contribution in [0.15, 0.2) is 24.3 Å². The second kappa shape index (κ2) is 6.91. The topological polar surface area (TPSA) is 61.4 Å². The van der Waals surface area contributed by atoms with Crippen LogP contribution in [0.4, 0.5) is 28.0 Å². The average molecular weight is 307 g/mol. The number of benzene rings is 1. The zero-order valence-corrected chi connectivity index (χ0v) is 11.0. The number of anilines is 1. The molecule has 116 valence electrons. The first-order valence-corrected chi connectivity index (χ1v) is 5.83. The highest BCUT2D eigenvalue weighted by Crippen LogP contribution is 2.13.